The van der Waals surface area contributed by atoms with Crippen LogP contribution in [0.3, 0.4) is 0 Å². The molecule has 0 spiro atoms. The number of aliphatic carboxylic acids is 1. The van der Waals surface area contributed by atoms with E-state index in [1.807, 2.05) is 28.2 Å². The van der Waals surface area contributed by atoms with Crippen molar-refractivity contribution >= 4 is 28.6 Å². The molecule has 3 heterocycles. The Bertz CT molecular complexity index is 666. The van der Waals surface area contributed by atoms with Crippen molar-refractivity contribution in [2.45, 2.75) is 44.1 Å². The molecule has 1 unspecified atom stereocenters. The minimum absolute atomic E-state index is 0.497. The highest BCUT2D eigenvalue weighted by atomic mass is 32.1. The smallest absolute Gasteiger partial charge is 0.325 e. The zero-order chi connectivity index (χ0) is 15.8. The van der Waals surface area contributed by atoms with E-state index in [2.05, 4.69) is 4.90 Å². The second-order valence-electron chi connectivity index (χ2n) is 6.38. The topological polar surface area (TPSA) is 53.4 Å². The van der Waals surface area contributed by atoms with Gasteiger partial charge in [-0.15, -0.1) is 11.3 Å². The number of hydrogen-bond acceptors (Lipinski definition) is 5. The van der Waals surface area contributed by atoms with Gasteiger partial charge in [-0.05, 0) is 67.6 Å². The Balaban J connectivity index is 1.44. The van der Waals surface area contributed by atoms with Gasteiger partial charge in [0.25, 0.3) is 0 Å². The van der Waals surface area contributed by atoms with Gasteiger partial charge in [0.15, 0.2) is 0 Å². The molecule has 1 aliphatic heterocycles. The summed E-state index contributed by atoms with van der Waals surface area (Å²) >= 11 is 3.46. The Morgan fingerprint density at radius 2 is 2.17 bits per heavy atom. The van der Waals surface area contributed by atoms with Gasteiger partial charge < -0.3 is 5.11 Å². The van der Waals surface area contributed by atoms with Gasteiger partial charge in [0.1, 0.15) is 6.04 Å². The Hall–Kier alpha value is -1.24. The van der Waals surface area contributed by atoms with E-state index in [-0.39, 0.29) is 0 Å². The van der Waals surface area contributed by atoms with Crippen molar-refractivity contribution in [2.75, 3.05) is 13.1 Å². The van der Waals surface area contributed by atoms with Gasteiger partial charge >= 0.3 is 5.97 Å². The van der Waals surface area contributed by atoms with E-state index in [1.165, 1.54) is 28.4 Å². The number of piperidine rings is 1. The van der Waals surface area contributed by atoms with Crippen molar-refractivity contribution in [3.63, 3.8) is 0 Å². The summed E-state index contributed by atoms with van der Waals surface area (Å²) in [6.45, 7) is 1.67. The SMILES string of the molecule is O=C(O)C(c1ccsc1)N1CCC(c2nc3c(s2)CCC3)CC1. The number of carboxylic acids is 1. The van der Waals surface area contributed by atoms with E-state index in [4.69, 9.17) is 4.98 Å². The number of rotatable bonds is 4. The standard InChI is InChI=1S/C17H20N2O2S2/c20-17(21)15(12-6-9-22-10-12)19-7-4-11(5-8-19)16-18-13-2-1-3-14(13)23-16/h6,9-11,15H,1-5,7-8H2,(H,20,21). The number of aromatic nitrogens is 1. The quantitative estimate of drug-likeness (QED) is 0.915. The van der Waals surface area contributed by atoms with Crippen molar-refractivity contribution in [1.29, 1.82) is 0 Å². The van der Waals surface area contributed by atoms with Crippen molar-refractivity contribution in [1.82, 2.24) is 9.88 Å². The summed E-state index contributed by atoms with van der Waals surface area (Å²) in [6.07, 6.45) is 5.63. The highest BCUT2D eigenvalue weighted by Crippen LogP contribution is 2.37. The van der Waals surface area contributed by atoms with Gasteiger partial charge in [-0.2, -0.15) is 11.3 Å². The maximum Gasteiger partial charge on any atom is 0.325 e. The van der Waals surface area contributed by atoms with Crippen LogP contribution in [0, 0.1) is 0 Å². The molecule has 2 aliphatic rings. The summed E-state index contributed by atoms with van der Waals surface area (Å²) in [5.74, 6) is -0.228. The van der Waals surface area contributed by atoms with Gasteiger partial charge in [0.2, 0.25) is 0 Å². The highest BCUT2D eigenvalue weighted by Gasteiger charge is 2.33. The third-order valence-electron chi connectivity index (χ3n) is 4.95. The van der Waals surface area contributed by atoms with Crippen LogP contribution in [0.5, 0.6) is 0 Å². The van der Waals surface area contributed by atoms with Crippen molar-refractivity contribution < 1.29 is 9.90 Å². The molecule has 1 atom stereocenters. The molecule has 1 N–H and O–H groups in total. The maximum atomic E-state index is 11.7. The summed E-state index contributed by atoms with van der Waals surface area (Å²) in [5, 5.41) is 14.8. The fraction of sp³-hybridized carbons (Fsp3) is 0.529. The number of thiophene rings is 1. The molecule has 2 aromatic rings. The lowest BCUT2D eigenvalue weighted by molar-refractivity contribution is -0.144. The van der Waals surface area contributed by atoms with Crippen LogP contribution in [0.2, 0.25) is 0 Å². The predicted molar refractivity (Wildman–Crippen MR) is 92.4 cm³/mol. The molecule has 0 bridgehead atoms. The predicted octanol–water partition coefficient (Wildman–Crippen LogP) is 3.70. The molecular formula is C17H20N2O2S2. The Morgan fingerprint density at radius 3 is 2.83 bits per heavy atom. The first-order valence-corrected chi connectivity index (χ1v) is 9.95. The van der Waals surface area contributed by atoms with Crippen LogP contribution in [0.15, 0.2) is 16.8 Å². The van der Waals surface area contributed by atoms with Gasteiger partial charge in [-0.3, -0.25) is 9.69 Å². The van der Waals surface area contributed by atoms with Gasteiger partial charge in [0.05, 0.1) is 10.7 Å². The van der Waals surface area contributed by atoms with Crippen LogP contribution in [0.4, 0.5) is 0 Å². The summed E-state index contributed by atoms with van der Waals surface area (Å²) in [4.78, 5) is 20.2. The maximum absolute atomic E-state index is 11.7. The molecule has 23 heavy (non-hydrogen) atoms. The number of aryl methyl sites for hydroxylation is 2. The molecule has 2 aromatic heterocycles. The van der Waals surface area contributed by atoms with Crippen LogP contribution < -0.4 is 0 Å². The summed E-state index contributed by atoms with van der Waals surface area (Å²) in [6, 6.07) is 1.43. The van der Waals surface area contributed by atoms with E-state index >= 15 is 0 Å². The number of thiazole rings is 1. The number of hydrogen-bond donors (Lipinski definition) is 1. The molecule has 0 aromatic carbocycles. The number of nitrogens with zero attached hydrogens (tertiary/aromatic N) is 2. The second kappa shape index (κ2) is 6.34. The first-order chi connectivity index (χ1) is 11.2. The Kier molecular flexibility index (Phi) is 4.22. The average molecular weight is 348 g/mol. The fourth-order valence-electron chi connectivity index (χ4n) is 3.73. The molecule has 122 valence electrons. The molecule has 4 nitrogen and oxygen atoms in total. The Labute approximate surface area is 143 Å². The third-order valence-corrected chi connectivity index (χ3v) is 6.97. The summed E-state index contributed by atoms with van der Waals surface area (Å²) in [5.41, 5.74) is 2.24. The molecule has 1 fully saturated rings. The Morgan fingerprint density at radius 1 is 1.35 bits per heavy atom. The van der Waals surface area contributed by atoms with Crippen LogP contribution in [-0.2, 0) is 17.6 Å². The molecular weight excluding hydrogens is 328 g/mol. The lowest BCUT2D eigenvalue weighted by Gasteiger charge is -2.34. The molecule has 1 saturated heterocycles. The molecule has 1 aliphatic carbocycles. The first-order valence-electron chi connectivity index (χ1n) is 8.20. The van der Waals surface area contributed by atoms with E-state index in [9.17, 15) is 9.90 Å². The summed E-state index contributed by atoms with van der Waals surface area (Å²) in [7, 11) is 0. The lowest BCUT2D eigenvalue weighted by atomic mass is 9.95. The molecule has 0 amide bonds. The van der Waals surface area contributed by atoms with Gasteiger partial charge in [-0.25, -0.2) is 4.98 Å². The fourth-order valence-corrected chi connectivity index (χ4v) is 5.73. The molecule has 0 saturated carbocycles. The monoisotopic (exact) mass is 348 g/mol. The zero-order valence-corrected chi connectivity index (χ0v) is 14.5. The number of fused-ring (bicyclic) bond motifs is 1. The van der Waals surface area contributed by atoms with Crippen molar-refractivity contribution in [3.05, 3.63) is 38.0 Å². The van der Waals surface area contributed by atoms with Crippen LogP contribution >= 0.6 is 22.7 Å². The largest absolute Gasteiger partial charge is 0.480 e. The van der Waals surface area contributed by atoms with Crippen LogP contribution in [0.1, 0.15) is 52.4 Å². The number of carbonyl (C=O) groups is 1. The minimum atomic E-state index is -0.741. The van der Waals surface area contributed by atoms with Crippen LogP contribution in [-0.4, -0.2) is 34.0 Å². The van der Waals surface area contributed by atoms with Crippen LogP contribution in [0.25, 0.3) is 0 Å². The zero-order valence-electron chi connectivity index (χ0n) is 12.9. The second-order valence-corrected chi connectivity index (χ2v) is 8.28. The molecule has 6 heteroatoms. The van der Waals surface area contributed by atoms with Gasteiger partial charge in [0, 0.05) is 10.8 Å². The highest BCUT2D eigenvalue weighted by molar-refractivity contribution is 7.11. The molecule has 4 rings (SSSR count). The molecule has 0 radical (unpaired) electrons. The lowest BCUT2D eigenvalue weighted by Crippen LogP contribution is -2.39. The average Bonchev–Trinajstić information content (AvgIpc) is 3.24. The van der Waals surface area contributed by atoms with Gasteiger partial charge in [-0.1, -0.05) is 0 Å². The third kappa shape index (κ3) is 2.95. The minimum Gasteiger partial charge on any atom is -0.480 e. The number of likely N-dealkylation sites (tertiary alicyclic amines) is 1. The van der Waals surface area contributed by atoms with E-state index in [0.717, 1.165) is 37.9 Å². The first kappa shape index (κ1) is 15.3. The van der Waals surface area contributed by atoms with Crippen molar-refractivity contribution in [2.24, 2.45) is 0 Å². The van der Waals surface area contributed by atoms with Crippen molar-refractivity contribution in [3.8, 4) is 0 Å². The van der Waals surface area contributed by atoms with E-state index < -0.39 is 12.0 Å². The van der Waals surface area contributed by atoms with E-state index in [1.54, 1.807) is 11.3 Å². The normalized spacial score (nSPS) is 20.5. The number of carboxylic acid groups (broad SMARTS) is 1. The van der Waals surface area contributed by atoms with E-state index in [0.29, 0.717) is 5.92 Å². The summed E-state index contributed by atoms with van der Waals surface area (Å²) < 4.78 is 0.